The molecular formula is C13H14N2O3S. The predicted molar refractivity (Wildman–Crippen MR) is 76.0 cm³/mol. The van der Waals surface area contributed by atoms with E-state index in [0.29, 0.717) is 22.3 Å². The molecule has 1 heterocycles. The zero-order valence-corrected chi connectivity index (χ0v) is 11.7. The second kappa shape index (κ2) is 5.27. The zero-order chi connectivity index (χ0) is 14.0. The molecule has 1 N–H and O–H groups in total. The summed E-state index contributed by atoms with van der Waals surface area (Å²) in [5, 5.41) is 3.25. The number of rotatable bonds is 3. The van der Waals surface area contributed by atoms with Crippen LogP contribution in [0.25, 0.3) is 6.08 Å². The second-order valence-electron chi connectivity index (χ2n) is 3.96. The average molecular weight is 278 g/mol. The fraction of sp³-hybridized carbons (Fsp3) is 0.231. The van der Waals surface area contributed by atoms with Gasteiger partial charge >= 0.3 is 0 Å². The molecule has 6 heteroatoms. The van der Waals surface area contributed by atoms with Gasteiger partial charge in [0.15, 0.2) is 5.11 Å². The molecule has 0 spiro atoms. The molecule has 1 saturated heterocycles. The first-order valence-electron chi connectivity index (χ1n) is 5.59. The highest BCUT2D eigenvalue weighted by Crippen LogP contribution is 2.26. The summed E-state index contributed by atoms with van der Waals surface area (Å²) in [4.78, 5) is 13.3. The maximum Gasteiger partial charge on any atom is 0.276 e. The van der Waals surface area contributed by atoms with Gasteiger partial charge in [0.05, 0.1) is 14.2 Å². The molecule has 0 aromatic heterocycles. The SMILES string of the molecule is COc1ccc(OC)c(/C=C2\NC(=S)N(C)C2=O)c1. The van der Waals surface area contributed by atoms with Crippen molar-refractivity contribution in [3.05, 3.63) is 29.5 Å². The van der Waals surface area contributed by atoms with Crippen molar-refractivity contribution in [1.29, 1.82) is 0 Å². The largest absolute Gasteiger partial charge is 0.497 e. The fourth-order valence-corrected chi connectivity index (χ4v) is 1.92. The van der Waals surface area contributed by atoms with E-state index in [0.717, 1.165) is 5.56 Å². The number of carbonyl (C=O) groups is 1. The maximum absolute atomic E-state index is 11.9. The number of methoxy groups -OCH3 is 2. The average Bonchev–Trinajstić information content (AvgIpc) is 2.66. The summed E-state index contributed by atoms with van der Waals surface area (Å²) in [7, 11) is 4.78. The van der Waals surface area contributed by atoms with Crippen LogP contribution in [0, 0.1) is 0 Å². The summed E-state index contributed by atoms with van der Waals surface area (Å²) < 4.78 is 10.4. The van der Waals surface area contributed by atoms with Crippen LogP contribution in [0.2, 0.25) is 0 Å². The number of amides is 1. The van der Waals surface area contributed by atoms with Crippen LogP contribution in [0.5, 0.6) is 11.5 Å². The highest BCUT2D eigenvalue weighted by molar-refractivity contribution is 7.80. The molecule has 1 aliphatic rings. The van der Waals surface area contributed by atoms with E-state index < -0.39 is 0 Å². The monoisotopic (exact) mass is 278 g/mol. The Bertz CT molecular complexity index is 569. The summed E-state index contributed by atoms with van der Waals surface area (Å²) in [5.74, 6) is 1.17. The smallest absolute Gasteiger partial charge is 0.276 e. The lowest BCUT2D eigenvalue weighted by molar-refractivity contribution is -0.121. The fourth-order valence-electron chi connectivity index (χ4n) is 1.73. The van der Waals surface area contributed by atoms with Crippen molar-refractivity contribution in [3.8, 4) is 11.5 Å². The van der Waals surface area contributed by atoms with Crippen LogP contribution in [0.15, 0.2) is 23.9 Å². The van der Waals surface area contributed by atoms with Crippen molar-refractivity contribution in [2.75, 3.05) is 21.3 Å². The highest BCUT2D eigenvalue weighted by Gasteiger charge is 2.27. The number of benzene rings is 1. The molecule has 0 saturated carbocycles. The predicted octanol–water partition coefficient (Wildman–Crippen LogP) is 1.39. The first kappa shape index (κ1) is 13.4. The number of nitrogens with zero attached hydrogens (tertiary/aromatic N) is 1. The molecule has 1 aromatic carbocycles. The lowest BCUT2D eigenvalue weighted by atomic mass is 10.1. The standard InChI is InChI=1S/C13H14N2O3S/c1-15-12(16)10(14-13(15)19)7-8-6-9(17-2)4-5-11(8)18-3/h4-7H,1-3H3,(H,14,19)/b10-7-. The number of likely N-dealkylation sites (N-methyl/N-ethyl adjacent to an activating group) is 1. The van der Waals surface area contributed by atoms with Gasteiger partial charge in [0.1, 0.15) is 17.2 Å². The molecule has 1 fully saturated rings. The molecule has 0 radical (unpaired) electrons. The molecular weight excluding hydrogens is 264 g/mol. The lowest BCUT2D eigenvalue weighted by Crippen LogP contribution is -2.25. The van der Waals surface area contributed by atoms with E-state index in [4.69, 9.17) is 21.7 Å². The van der Waals surface area contributed by atoms with Crippen LogP contribution in [0.4, 0.5) is 0 Å². The van der Waals surface area contributed by atoms with E-state index in [1.165, 1.54) is 4.90 Å². The van der Waals surface area contributed by atoms with Gasteiger partial charge in [0.25, 0.3) is 5.91 Å². The Hall–Kier alpha value is -2.08. The molecule has 5 nitrogen and oxygen atoms in total. The van der Waals surface area contributed by atoms with Crippen LogP contribution in [0.1, 0.15) is 5.56 Å². The summed E-state index contributed by atoms with van der Waals surface area (Å²) in [6.45, 7) is 0. The molecule has 19 heavy (non-hydrogen) atoms. The number of thiocarbonyl (C=S) groups is 1. The van der Waals surface area contributed by atoms with Crippen LogP contribution in [-0.2, 0) is 4.79 Å². The number of ether oxygens (including phenoxy) is 2. The van der Waals surface area contributed by atoms with E-state index in [1.807, 2.05) is 0 Å². The van der Waals surface area contributed by atoms with Gasteiger partial charge in [-0.2, -0.15) is 0 Å². The Kier molecular flexibility index (Phi) is 3.71. The summed E-state index contributed by atoms with van der Waals surface area (Å²) >= 11 is 5.02. The van der Waals surface area contributed by atoms with Gasteiger partial charge in [-0.3, -0.25) is 9.69 Å². The van der Waals surface area contributed by atoms with Gasteiger partial charge in [-0.25, -0.2) is 0 Å². The topological polar surface area (TPSA) is 50.8 Å². The summed E-state index contributed by atoms with van der Waals surface area (Å²) in [5.41, 5.74) is 1.16. The molecule has 100 valence electrons. The molecule has 0 aliphatic carbocycles. The highest BCUT2D eigenvalue weighted by atomic mass is 32.1. The van der Waals surface area contributed by atoms with Gasteiger partial charge in [0, 0.05) is 12.6 Å². The molecule has 0 unspecified atom stereocenters. The zero-order valence-electron chi connectivity index (χ0n) is 10.9. The Morgan fingerprint density at radius 2 is 2.05 bits per heavy atom. The van der Waals surface area contributed by atoms with Crippen LogP contribution in [0.3, 0.4) is 0 Å². The maximum atomic E-state index is 11.9. The molecule has 2 rings (SSSR count). The minimum Gasteiger partial charge on any atom is -0.497 e. The normalized spacial score (nSPS) is 16.8. The molecule has 0 bridgehead atoms. The number of hydrogen-bond donors (Lipinski definition) is 1. The number of hydrogen-bond acceptors (Lipinski definition) is 4. The van der Waals surface area contributed by atoms with E-state index >= 15 is 0 Å². The third-order valence-corrected chi connectivity index (χ3v) is 3.19. The minimum atomic E-state index is -0.171. The van der Waals surface area contributed by atoms with Crippen LogP contribution < -0.4 is 14.8 Å². The van der Waals surface area contributed by atoms with Gasteiger partial charge < -0.3 is 14.8 Å². The first-order chi connectivity index (χ1) is 9.06. The molecule has 1 aliphatic heterocycles. The number of nitrogens with one attached hydrogen (secondary N) is 1. The summed E-state index contributed by atoms with van der Waals surface area (Å²) in [6, 6.07) is 5.37. The second-order valence-corrected chi connectivity index (χ2v) is 4.35. The molecule has 1 amide bonds. The van der Waals surface area contributed by atoms with E-state index in [1.54, 1.807) is 45.5 Å². The van der Waals surface area contributed by atoms with Crippen molar-refractivity contribution < 1.29 is 14.3 Å². The van der Waals surface area contributed by atoms with Crippen molar-refractivity contribution in [2.45, 2.75) is 0 Å². The first-order valence-corrected chi connectivity index (χ1v) is 6.00. The van der Waals surface area contributed by atoms with E-state index in [9.17, 15) is 4.79 Å². The lowest BCUT2D eigenvalue weighted by Gasteiger charge is -2.07. The van der Waals surface area contributed by atoms with Gasteiger partial charge in [-0.15, -0.1) is 0 Å². The van der Waals surface area contributed by atoms with E-state index in [2.05, 4.69) is 5.32 Å². The van der Waals surface area contributed by atoms with Crippen molar-refractivity contribution >= 4 is 29.3 Å². The van der Waals surface area contributed by atoms with Crippen molar-refractivity contribution in [2.24, 2.45) is 0 Å². The van der Waals surface area contributed by atoms with Gasteiger partial charge in [0.2, 0.25) is 0 Å². The van der Waals surface area contributed by atoms with Gasteiger partial charge in [-0.05, 0) is 36.5 Å². The van der Waals surface area contributed by atoms with Crippen molar-refractivity contribution in [3.63, 3.8) is 0 Å². The molecule has 1 aromatic rings. The van der Waals surface area contributed by atoms with Crippen LogP contribution in [-0.4, -0.2) is 37.2 Å². The Morgan fingerprint density at radius 1 is 1.32 bits per heavy atom. The van der Waals surface area contributed by atoms with E-state index in [-0.39, 0.29) is 5.91 Å². The Morgan fingerprint density at radius 3 is 2.58 bits per heavy atom. The third kappa shape index (κ3) is 2.53. The minimum absolute atomic E-state index is 0.171. The Labute approximate surface area is 116 Å². The Balaban J connectivity index is 2.42. The summed E-state index contributed by atoms with van der Waals surface area (Å²) in [6.07, 6.45) is 1.69. The third-order valence-electron chi connectivity index (χ3n) is 2.82. The quantitative estimate of drug-likeness (QED) is 0.669. The number of carbonyl (C=O) groups excluding carboxylic acids is 1. The molecule has 0 atom stereocenters. The van der Waals surface area contributed by atoms with Crippen molar-refractivity contribution in [1.82, 2.24) is 10.2 Å². The van der Waals surface area contributed by atoms with Crippen LogP contribution >= 0.6 is 12.2 Å². The van der Waals surface area contributed by atoms with Gasteiger partial charge in [-0.1, -0.05) is 0 Å².